The zero-order valence-corrected chi connectivity index (χ0v) is 7.96. The van der Waals surface area contributed by atoms with Crippen molar-refractivity contribution in [2.45, 2.75) is 19.0 Å². The maximum Gasteiger partial charge on any atom is 0.395 e. The fourth-order valence-electron chi connectivity index (χ4n) is 0.971. The summed E-state index contributed by atoms with van der Waals surface area (Å²) in [6, 6.07) is 3.01. The van der Waals surface area contributed by atoms with Crippen LogP contribution >= 0.6 is 11.6 Å². The van der Waals surface area contributed by atoms with Crippen LogP contribution in [0.25, 0.3) is 0 Å². The topological polar surface area (TPSA) is 0 Å². The van der Waals surface area contributed by atoms with E-state index in [0.717, 1.165) is 25.1 Å². The van der Waals surface area contributed by atoms with Crippen LogP contribution in [-0.4, -0.2) is 6.18 Å². The van der Waals surface area contributed by atoms with E-state index >= 15 is 0 Å². The maximum absolute atomic E-state index is 12.6. The van der Waals surface area contributed by atoms with Crippen molar-refractivity contribution in [1.82, 2.24) is 0 Å². The number of benzene rings is 1. The highest BCUT2D eigenvalue weighted by molar-refractivity contribution is 6.30. The molecule has 1 aromatic rings. The van der Waals surface area contributed by atoms with E-state index in [1.54, 1.807) is 0 Å². The summed E-state index contributed by atoms with van der Waals surface area (Å²) in [5.41, 5.74) is -0.0381. The summed E-state index contributed by atoms with van der Waals surface area (Å²) in [7, 11) is 0. The van der Waals surface area contributed by atoms with Gasteiger partial charge < -0.3 is 0 Å². The molecule has 5 heteroatoms. The molecular formula is C9H7ClF4. The van der Waals surface area contributed by atoms with Gasteiger partial charge in [0.05, 0.1) is 10.9 Å². The lowest BCUT2D eigenvalue weighted by Gasteiger charge is -2.15. The minimum absolute atomic E-state index is 0.0381. The van der Waals surface area contributed by atoms with Crippen molar-refractivity contribution >= 4 is 11.6 Å². The van der Waals surface area contributed by atoms with Gasteiger partial charge in [-0.3, -0.25) is 0 Å². The number of hydrogen-bond donors (Lipinski definition) is 0. The zero-order chi connectivity index (χ0) is 10.9. The molecule has 78 valence electrons. The molecule has 0 aromatic heterocycles. The normalized spacial score (nSPS) is 14.1. The number of alkyl halides is 3. The standard InChI is InChI=1S/C9H7ClF4/c1-5(9(12,13)14)6-2-3-8(11)7(10)4-6/h2-5H,1H3. The average Bonchev–Trinajstić information content (AvgIpc) is 2.07. The number of halogens is 5. The Morgan fingerprint density at radius 2 is 1.86 bits per heavy atom. The molecule has 0 aliphatic carbocycles. The molecule has 0 fully saturated rings. The van der Waals surface area contributed by atoms with Crippen LogP contribution in [-0.2, 0) is 0 Å². The van der Waals surface area contributed by atoms with E-state index in [1.807, 2.05) is 0 Å². The van der Waals surface area contributed by atoms with Crippen molar-refractivity contribution in [1.29, 1.82) is 0 Å². The molecule has 0 spiro atoms. The lowest BCUT2D eigenvalue weighted by atomic mass is 10.0. The quantitative estimate of drug-likeness (QED) is 0.631. The first kappa shape index (κ1) is 11.3. The predicted molar refractivity (Wildman–Crippen MR) is 45.9 cm³/mol. The van der Waals surface area contributed by atoms with Gasteiger partial charge in [-0.05, 0) is 24.6 Å². The fourth-order valence-corrected chi connectivity index (χ4v) is 1.16. The van der Waals surface area contributed by atoms with Crippen molar-refractivity contribution < 1.29 is 17.6 Å². The van der Waals surface area contributed by atoms with Gasteiger partial charge in [0.25, 0.3) is 0 Å². The van der Waals surface area contributed by atoms with Crippen molar-refractivity contribution in [3.63, 3.8) is 0 Å². The van der Waals surface area contributed by atoms with E-state index in [2.05, 4.69) is 0 Å². The highest BCUT2D eigenvalue weighted by Gasteiger charge is 2.37. The van der Waals surface area contributed by atoms with Crippen LogP contribution in [0, 0.1) is 5.82 Å². The van der Waals surface area contributed by atoms with Crippen molar-refractivity contribution in [3.8, 4) is 0 Å². The Hall–Kier alpha value is -0.770. The molecule has 0 N–H and O–H groups in total. The molecular weight excluding hydrogens is 220 g/mol. The Balaban J connectivity index is 3.03. The van der Waals surface area contributed by atoms with Gasteiger partial charge in [0, 0.05) is 0 Å². The second-order valence-electron chi connectivity index (χ2n) is 2.94. The van der Waals surface area contributed by atoms with E-state index in [4.69, 9.17) is 11.6 Å². The Morgan fingerprint density at radius 1 is 1.29 bits per heavy atom. The second kappa shape index (κ2) is 3.77. The second-order valence-corrected chi connectivity index (χ2v) is 3.34. The molecule has 0 heterocycles. The predicted octanol–water partition coefficient (Wildman–Crippen LogP) is 4.14. The average molecular weight is 227 g/mol. The molecule has 0 saturated heterocycles. The molecule has 0 aliphatic rings. The Morgan fingerprint density at radius 3 is 2.29 bits per heavy atom. The first-order valence-electron chi connectivity index (χ1n) is 3.84. The Kier molecular flexibility index (Phi) is 3.04. The van der Waals surface area contributed by atoms with Crippen LogP contribution in [0.15, 0.2) is 18.2 Å². The largest absolute Gasteiger partial charge is 0.395 e. The monoisotopic (exact) mass is 226 g/mol. The van der Waals surface area contributed by atoms with Crippen molar-refractivity contribution in [3.05, 3.63) is 34.6 Å². The molecule has 1 atom stereocenters. The zero-order valence-electron chi connectivity index (χ0n) is 7.20. The molecule has 1 unspecified atom stereocenters. The van der Waals surface area contributed by atoms with Gasteiger partial charge in [-0.1, -0.05) is 17.7 Å². The van der Waals surface area contributed by atoms with Crippen LogP contribution in [0.4, 0.5) is 17.6 Å². The lowest BCUT2D eigenvalue weighted by molar-refractivity contribution is -0.146. The van der Waals surface area contributed by atoms with Gasteiger partial charge >= 0.3 is 6.18 Å². The van der Waals surface area contributed by atoms with Gasteiger partial charge in [0.2, 0.25) is 0 Å². The van der Waals surface area contributed by atoms with E-state index in [-0.39, 0.29) is 10.6 Å². The molecule has 0 radical (unpaired) electrons. The van der Waals surface area contributed by atoms with E-state index in [9.17, 15) is 17.6 Å². The lowest BCUT2D eigenvalue weighted by Crippen LogP contribution is -2.17. The summed E-state index contributed by atoms with van der Waals surface area (Å²) in [6.07, 6.45) is -4.33. The van der Waals surface area contributed by atoms with Crippen LogP contribution in [0.2, 0.25) is 5.02 Å². The Labute approximate surface area is 83.5 Å². The third-order valence-corrected chi connectivity index (χ3v) is 2.22. The molecule has 14 heavy (non-hydrogen) atoms. The number of hydrogen-bond acceptors (Lipinski definition) is 0. The van der Waals surface area contributed by atoms with E-state index in [1.165, 1.54) is 0 Å². The van der Waals surface area contributed by atoms with Gasteiger partial charge in [-0.15, -0.1) is 0 Å². The van der Waals surface area contributed by atoms with Crippen molar-refractivity contribution in [2.75, 3.05) is 0 Å². The van der Waals surface area contributed by atoms with Crippen LogP contribution in [0.5, 0.6) is 0 Å². The van der Waals surface area contributed by atoms with Crippen molar-refractivity contribution in [2.24, 2.45) is 0 Å². The molecule has 0 nitrogen and oxygen atoms in total. The first-order valence-corrected chi connectivity index (χ1v) is 4.22. The molecule has 0 bridgehead atoms. The highest BCUT2D eigenvalue weighted by atomic mass is 35.5. The van der Waals surface area contributed by atoms with Crippen LogP contribution < -0.4 is 0 Å². The molecule has 0 amide bonds. The molecule has 0 saturated carbocycles. The summed E-state index contributed by atoms with van der Waals surface area (Å²) < 4.78 is 49.3. The third-order valence-electron chi connectivity index (χ3n) is 1.93. The highest BCUT2D eigenvalue weighted by Crippen LogP contribution is 2.35. The minimum atomic E-state index is -4.33. The molecule has 0 aliphatic heterocycles. The minimum Gasteiger partial charge on any atom is -0.205 e. The van der Waals surface area contributed by atoms with E-state index in [0.29, 0.717) is 0 Å². The first-order chi connectivity index (χ1) is 6.32. The van der Waals surface area contributed by atoms with Gasteiger partial charge in [0.1, 0.15) is 5.82 Å². The fraction of sp³-hybridized carbons (Fsp3) is 0.333. The van der Waals surface area contributed by atoms with Gasteiger partial charge in [-0.25, -0.2) is 4.39 Å². The van der Waals surface area contributed by atoms with Crippen LogP contribution in [0.3, 0.4) is 0 Å². The molecule has 1 rings (SSSR count). The van der Waals surface area contributed by atoms with Gasteiger partial charge in [0.15, 0.2) is 0 Å². The number of rotatable bonds is 1. The third kappa shape index (κ3) is 2.38. The summed E-state index contributed by atoms with van der Waals surface area (Å²) >= 11 is 5.37. The summed E-state index contributed by atoms with van der Waals surface area (Å²) in [5.74, 6) is -2.36. The summed E-state index contributed by atoms with van der Waals surface area (Å²) in [4.78, 5) is 0. The SMILES string of the molecule is CC(c1ccc(F)c(Cl)c1)C(F)(F)F. The molecule has 1 aromatic carbocycles. The van der Waals surface area contributed by atoms with E-state index < -0.39 is 17.9 Å². The van der Waals surface area contributed by atoms with Crippen LogP contribution in [0.1, 0.15) is 18.4 Å². The Bertz CT molecular complexity index is 332. The summed E-state index contributed by atoms with van der Waals surface area (Å²) in [6.45, 7) is 1.00. The van der Waals surface area contributed by atoms with Gasteiger partial charge in [-0.2, -0.15) is 13.2 Å². The maximum atomic E-state index is 12.6. The smallest absolute Gasteiger partial charge is 0.205 e. The summed E-state index contributed by atoms with van der Waals surface area (Å²) in [5, 5.41) is -0.293.